The van der Waals surface area contributed by atoms with Crippen molar-refractivity contribution in [2.24, 2.45) is 19.8 Å². The van der Waals surface area contributed by atoms with Crippen LogP contribution in [0, 0.1) is 5.41 Å². The summed E-state index contributed by atoms with van der Waals surface area (Å²) in [6.07, 6.45) is 5.70. The molecular formula is C28H30N8O2+2. The number of rotatable bonds is 4. The molecule has 0 saturated heterocycles. The van der Waals surface area contributed by atoms with E-state index in [9.17, 15) is 9.90 Å². The lowest BCUT2D eigenvalue weighted by Crippen LogP contribution is -2.59. The number of carbonyl (C=O) groups is 1. The van der Waals surface area contributed by atoms with Crippen molar-refractivity contribution in [1.29, 1.82) is 5.41 Å². The van der Waals surface area contributed by atoms with Crippen LogP contribution in [0.2, 0.25) is 0 Å². The summed E-state index contributed by atoms with van der Waals surface area (Å²) in [6.45, 7) is 0. The number of fused-ring (bicyclic) bond motifs is 2. The molecule has 2 aromatic heterocycles. The molecule has 2 atom stereocenters. The number of benzene rings is 2. The van der Waals surface area contributed by atoms with Crippen molar-refractivity contribution in [2.75, 3.05) is 14.1 Å². The van der Waals surface area contributed by atoms with Crippen molar-refractivity contribution in [1.82, 2.24) is 19.0 Å². The minimum Gasteiger partial charge on any atom is -0.493 e. The standard InChI is InChI=1S/C28H28N8O2/c1-33-23(24(37)34(2)26(33)29)22(19-15-32-21-12-8-6-10-18(19)21)28(25(38)35(3)27(30)36(28)4)13-16-14-31-20-11-7-5-9-17(16)20/h5-15,22,29-30,32,37H,1-4H3/p+2/b16-13+,29-26?/t22-,28-/m0/s1. The molecule has 0 aliphatic carbocycles. The molecule has 6 rings (SSSR count). The Labute approximate surface area is 218 Å². The number of hydrogen-bond donors (Lipinski definition) is 5. The van der Waals surface area contributed by atoms with Gasteiger partial charge in [0.15, 0.2) is 6.21 Å². The highest BCUT2D eigenvalue weighted by Crippen LogP contribution is 2.47. The van der Waals surface area contributed by atoms with Crippen LogP contribution in [0.4, 0.5) is 5.69 Å². The number of likely N-dealkylation sites (N-methyl/N-ethyl adjacent to an activating group) is 2. The molecule has 2 aliphatic rings. The number of nitrogens with one attached hydrogen (secondary N) is 3. The Balaban J connectivity index is 1.76. The molecule has 4 heterocycles. The zero-order chi connectivity index (χ0) is 26.9. The maximum atomic E-state index is 14.5. The first-order valence-electron chi connectivity index (χ1n) is 12.3. The van der Waals surface area contributed by atoms with Gasteiger partial charge in [-0.3, -0.25) is 20.5 Å². The van der Waals surface area contributed by atoms with Crippen LogP contribution in [0.1, 0.15) is 22.7 Å². The predicted molar refractivity (Wildman–Crippen MR) is 144 cm³/mol. The van der Waals surface area contributed by atoms with Crippen molar-refractivity contribution in [3.8, 4) is 5.88 Å². The number of H-pyrrole nitrogens is 1. The van der Waals surface area contributed by atoms with E-state index in [1.807, 2.05) is 67.0 Å². The lowest BCUT2D eigenvalue weighted by atomic mass is 9.74. The zero-order valence-electron chi connectivity index (χ0n) is 21.6. The van der Waals surface area contributed by atoms with Gasteiger partial charge in [-0.2, -0.15) is 0 Å². The van der Waals surface area contributed by atoms with E-state index in [0.717, 1.165) is 33.3 Å². The fraction of sp³-hybridized carbons (Fsp3) is 0.214. The molecule has 2 aromatic carbocycles. The van der Waals surface area contributed by atoms with E-state index >= 15 is 0 Å². The largest absolute Gasteiger partial charge is 0.493 e. The topological polar surface area (TPSA) is 133 Å². The third-order valence-corrected chi connectivity index (χ3v) is 8.08. The van der Waals surface area contributed by atoms with Gasteiger partial charge in [0, 0.05) is 37.3 Å². The van der Waals surface area contributed by atoms with Crippen LogP contribution >= 0.6 is 0 Å². The van der Waals surface area contributed by atoms with Crippen molar-refractivity contribution in [3.05, 3.63) is 83.2 Å². The lowest BCUT2D eigenvalue weighted by molar-refractivity contribution is -0.551. The molecule has 0 spiro atoms. The van der Waals surface area contributed by atoms with E-state index in [2.05, 4.69) is 9.98 Å². The molecule has 0 unspecified atom stereocenters. The molecule has 1 amide bonds. The highest BCUT2D eigenvalue weighted by atomic mass is 16.3. The number of aromatic hydroxyl groups is 1. The highest BCUT2D eigenvalue weighted by Gasteiger charge is 2.61. The number of aromatic nitrogens is 3. The van der Waals surface area contributed by atoms with Gasteiger partial charge in [-0.25, -0.2) is 14.5 Å². The number of allylic oxidation sites excluding steroid dienone is 1. The van der Waals surface area contributed by atoms with Crippen molar-refractivity contribution in [2.45, 2.75) is 11.5 Å². The molecule has 38 heavy (non-hydrogen) atoms. The second-order valence-electron chi connectivity index (χ2n) is 9.91. The van der Waals surface area contributed by atoms with Crippen LogP contribution < -0.4 is 16.3 Å². The van der Waals surface area contributed by atoms with Gasteiger partial charge >= 0.3 is 11.9 Å². The Kier molecular flexibility index (Phi) is 5.00. The summed E-state index contributed by atoms with van der Waals surface area (Å²) < 4.78 is 4.81. The number of nitrogens with zero attached hydrogens (tertiary/aromatic N) is 4. The maximum absolute atomic E-state index is 14.5. The first-order chi connectivity index (χ1) is 18.2. The zero-order valence-corrected chi connectivity index (χ0v) is 21.6. The van der Waals surface area contributed by atoms with Gasteiger partial charge in [-0.15, -0.1) is 0 Å². The van der Waals surface area contributed by atoms with Gasteiger partial charge in [0.25, 0.3) is 0 Å². The van der Waals surface area contributed by atoms with E-state index in [1.165, 1.54) is 9.47 Å². The molecule has 2 aliphatic heterocycles. The number of guanidine groups is 1. The molecule has 6 N–H and O–H groups in total. The summed E-state index contributed by atoms with van der Waals surface area (Å²) in [6, 6.07) is 15.8. The maximum Gasteiger partial charge on any atom is 0.354 e. The number of para-hydroxylation sites is 2. The van der Waals surface area contributed by atoms with E-state index in [4.69, 9.17) is 11.1 Å². The van der Waals surface area contributed by atoms with E-state index in [0.29, 0.717) is 11.7 Å². The Hall–Kier alpha value is -4.86. The average molecular weight is 511 g/mol. The summed E-state index contributed by atoms with van der Waals surface area (Å²) in [5.41, 5.74) is 10.1. The molecule has 0 saturated carbocycles. The molecule has 10 nitrogen and oxygen atoms in total. The number of nitrogens with two attached hydrogens (primary N) is 1. The minimum atomic E-state index is -1.38. The van der Waals surface area contributed by atoms with Gasteiger partial charge in [0.1, 0.15) is 0 Å². The number of aromatic amines is 1. The summed E-state index contributed by atoms with van der Waals surface area (Å²) in [4.78, 5) is 22.5. The lowest BCUT2D eigenvalue weighted by Gasteiger charge is -2.33. The summed E-state index contributed by atoms with van der Waals surface area (Å²) in [5.74, 6) is -0.787. The number of imidazole rings is 1. The number of carbonyl (C=O) groups excluding carboxylic acids is 1. The molecule has 0 fully saturated rings. The van der Waals surface area contributed by atoms with Crippen molar-refractivity contribution >= 4 is 40.2 Å². The van der Waals surface area contributed by atoms with E-state index < -0.39 is 11.5 Å². The molecule has 192 valence electrons. The predicted octanol–water partition coefficient (Wildman–Crippen LogP) is 0.210. The van der Waals surface area contributed by atoms with Gasteiger partial charge in [0.05, 0.1) is 36.8 Å². The van der Waals surface area contributed by atoms with Crippen LogP contribution in [0.15, 0.2) is 60.8 Å². The first-order valence-corrected chi connectivity index (χ1v) is 12.3. The fourth-order valence-electron chi connectivity index (χ4n) is 5.95. The van der Waals surface area contributed by atoms with Gasteiger partial charge < -0.3 is 14.7 Å². The highest BCUT2D eigenvalue weighted by molar-refractivity contribution is 6.14. The quantitative estimate of drug-likeness (QED) is 0.251. The second kappa shape index (κ2) is 8.07. The Morgan fingerprint density at radius 3 is 2.53 bits per heavy atom. The second-order valence-corrected chi connectivity index (χ2v) is 9.91. The van der Waals surface area contributed by atoms with Crippen LogP contribution in [0.3, 0.4) is 0 Å². The molecule has 0 radical (unpaired) electrons. The van der Waals surface area contributed by atoms with Crippen LogP contribution in [0.25, 0.3) is 16.5 Å². The fourth-order valence-corrected chi connectivity index (χ4v) is 5.95. The van der Waals surface area contributed by atoms with Gasteiger partial charge in [-0.05, 0) is 23.8 Å². The Bertz CT molecular complexity index is 1800. The summed E-state index contributed by atoms with van der Waals surface area (Å²) in [5, 5.41) is 20.9. The average Bonchev–Trinajstić information content (AvgIpc) is 3.63. The summed E-state index contributed by atoms with van der Waals surface area (Å²) >= 11 is 0. The number of amides is 1. The van der Waals surface area contributed by atoms with Crippen molar-refractivity contribution < 1.29 is 19.5 Å². The molecule has 0 bridgehead atoms. The van der Waals surface area contributed by atoms with E-state index in [-0.39, 0.29) is 17.4 Å². The Morgan fingerprint density at radius 2 is 1.84 bits per heavy atom. The Morgan fingerprint density at radius 1 is 1.13 bits per heavy atom. The minimum absolute atomic E-state index is 0.0891. The van der Waals surface area contributed by atoms with E-state index in [1.54, 1.807) is 37.3 Å². The number of hydrogen-bond acceptors (Lipinski definition) is 4. The van der Waals surface area contributed by atoms with Crippen molar-refractivity contribution in [3.63, 3.8) is 0 Å². The summed E-state index contributed by atoms with van der Waals surface area (Å²) in [7, 11) is 6.82. The molecule has 4 aromatic rings. The third-order valence-electron chi connectivity index (χ3n) is 8.08. The monoisotopic (exact) mass is 510 g/mol. The van der Waals surface area contributed by atoms with Crippen LogP contribution in [0.5, 0.6) is 5.88 Å². The van der Waals surface area contributed by atoms with Crippen LogP contribution in [-0.4, -0.2) is 66.4 Å². The third kappa shape index (κ3) is 2.94. The SMILES string of the molecule is CN1C(=O)[C@](/C=C2\C=[NH+]c3ccccc32)([C@@H](c2c[nH]c3ccccc23)c2c(O)n(C)c(=N)n2C)[N+](C)=C1N. The first kappa shape index (κ1) is 23.5. The van der Waals surface area contributed by atoms with Gasteiger partial charge in [-0.1, -0.05) is 30.3 Å². The van der Waals surface area contributed by atoms with Crippen LogP contribution in [-0.2, 0) is 18.9 Å². The molecular weight excluding hydrogens is 480 g/mol. The normalized spacial score (nSPS) is 20.8. The van der Waals surface area contributed by atoms with Gasteiger partial charge in [0.2, 0.25) is 22.7 Å². The molecule has 10 heteroatoms. The smallest absolute Gasteiger partial charge is 0.354 e.